The average Bonchev–Trinajstić information content (AvgIpc) is 2.73. The van der Waals surface area contributed by atoms with Crippen molar-refractivity contribution in [2.45, 2.75) is 12.8 Å². The first-order valence-electron chi connectivity index (χ1n) is 9.26. The Morgan fingerprint density at radius 2 is 1.83 bits per heavy atom. The van der Waals surface area contributed by atoms with Crippen LogP contribution >= 0.6 is 24.0 Å². The van der Waals surface area contributed by atoms with Crippen LogP contribution in [0.5, 0.6) is 5.75 Å². The Morgan fingerprint density at radius 1 is 1.10 bits per heavy atom. The molecule has 2 rings (SSSR count). The zero-order valence-electron chi connectivity index (χ0n) is 16.7. The maximum Gasteiger partial charge on any atom is 0.251 e. The zero-order chi connectivity index (χ0) is 20.2. The van der Waals surface area contributed by atoms with Crippen LogP contribution in [-0.4, -0.2) is 45.7 Å². The third-order valence-corrected chi connectivity index (χ3v) is 4.04. The van der Waals surface area contributed by atoms with Crippen LogP contribution in [0.1, 0.15) is 22.3 Å². The molecule has 0 aromatic heterocycles. The Kier molecular flexibility index (Phi) is 11.7. The predicted octanol–water partition coefficient (Wildman–Crippen LogP) is 2.98. The molecule has 0 saturated heterocycles. The van der Waals surface area contributed by atoms with E-state index in [1.807, 2.05) is 18.2 Å². The van der Waals surface area contributed by atoms with Crippen LogP contribution in [0.2, 0.25) is 0 Å². The average molecular weight is 514 g/mol. The Labute approximate surface area is 188 Å². The van der Waals surface area contributed by atoms with E-state index in [0.717, 1.165) is 18.4 Å². The molecule has 0 aliphatic rings. The second-order valence-corrected chi connectivity index (χ2v) is 6.11. The highest BCUT2D eigenvalue weighted by atomic mass is 127. The van der Waals surface area contributed by atoms with Crippen molar-refractivity contribution in [1.82, 2.24) is 16.0 Å². The summed E-state index contributed by atoms with van der Waals surface area (Å²) in [7, 11) is 3.34. The number of amides is 1. The molecule has 1 amide bonds. The van der Waals surface area contributed by atoms with Gasteiger partial charge in [-0.2, -0.15) is 0 Å². The second kappa shape index (κ2) is 13.8. The largest absolute Gasteiger partial charge is 0.494 e. The Morgan fingerprint density at radius 3 is 2.52 bits per heavy atom. The first-order chi connectivity index (χ1) is 13.6. The number of ether oxygens (including phenoxy) is 1. The summed E-state index contributed by atoms with van der Waals surface area (Å²) in [5.74, 6) is 1.01. The van der Waals surface area contributed by atoms with E-state index in [1.165, 1.54) is 12.1 Å². The molecule has 0 unspecified atom stereocenters. The highest BCUT2D eigenvalue weighted by molar-refractivity contribution is 14.0. The summed E-state index contributed by atoms with van der Waals surface area (Å²) in [4.78, 5) is 15.9. The molecule has 0 saturated carbocycles. The quantitative estimate of drug-likeness (QED) is 0.208. The lowest BCUT2D eigenvalue weighted by Crippen LogP contribution is -2.39. The topological polar surface area (TPSA) is 74.8 Å². The highest BCUT2D eigenvalue weighted by Crippen LogP contribution is 2.11. The lowest BCUT2D eigenvalue weighted by Gasteiger charge is -2.12. The molecule has 0 bridgehead atoms. The Bertz CT molecular complexity index is 785. The molecule has 0 radical (unpaired) electrons. The van der Waals surface area contributed by atoms with Gasteiger partial charge in [-0.25, -0.2) is 4.39 Å². The lowest BCUT2D eigenvalue weighted by molar-refractivity contribution is 0.0963. The van der Waals surface area contributed by atoms with E-state index in [1.54, 1.807) is 32.3 Å². The Balaban J connectivity index is 0.00000420. The molecule has 29 heavy (non-hydrogen) atoms. The maximum atomic E-state index is 12.8. The number of nitrogens with one attached hydrogen (secondary N) is 3. The Hall–Kier alpha value is -2.36. The van der Waals surface area contributed by atoms with Crippen LogP contribution in [0, 0.1) is 5.82 Å². The summed E-state index contributed by atoms with van der Waals surface area (Å²) in [6.45, 7) is 1.93. The van der Waals surface area contributed by atoms with E-state index in [9.17, 15) is 9.18 Å². The summed E-state index contributed by atoms with van der Waals surface area (Å²) < 4.78 is 18.4. The van der Waals surface area contributed by atoms with Gasteiger partial charge in [0.1, 0.15) is 11.6 Å². The number of rotatable bonds is 9. The molecule has 2 aromatic carbocycles. The van der Waals surface area contributed by atoms with Gasteiger partial charge in [-0.15, -0.1) is 24.0 Å². The molecule has 0 atom stereocenters. The first-order valence-corrected chi connectivity index (χ1v) is 9.26. The molecule has 0 fully saturated rings. The third-order valence-electron chi connectivity index (χ3n) is 4.04. The third kappa shape index (κ3) is 9.12. The predicted molar refractivity (Wildman–Crippen MR) is 125 cm³/mol. The van der Waals surface area contributed by atoms with Gasteiger partial charge in [-0.05, 0) is 54.8 Å². The number of nitrogens with zero attached hydrogens (tertiary/aromatic N) is 1. The first kappa shape index (κ1) is 24.7. The molecule has 0 spiro atoms. The summed E-state index contributed by atoms with van der Waals surface area (Å²) in [6, 6.07) is 13.6. The maximum absolute atomic E-state index is 12.8. The van der Waals surface area contributed by atoms with Crippen molar-refractivity contribution in [3.63, 3.8) is 0 Å². The molecule has 158 valence electrons. The fraction of sp³-hybridized carbons (Fsp3) is 0.333. The number of benzene rings is 2. The number of hydrogen-bond donors (Lipinski definition) is 3. The van der Waals surface area contributed by atoms with Crippen molar-refractivity contribution in [3.05, 3.63) is 65.5 Å². The van der Waals surface area contributed by atoms with Crippen LogP contribution in [0.15, 0.2) is 53.5 Å². The van der Waals surface area contributed by atoms with Crippen LogP contribution < -0.4 is 20.7 Å². The van der Waals surface area contributed by atoms with Gasteiger partial charge >= 0.3 is 0 Å². The molecule has 3 N–H and O–H groups in total. The van der Waals surface area contributed by atoms with Crippen molar-refractivity contribution in [2.24, 2.45) is 4.99 Å². The van der Waals surface area contributed by atoms with Gasteiger partial charge in [-0.1, -0.05) is 12.1 Å². The van der Waals surface area contributed by atoms with Gasteiger partial charge in [0.15, 0.2) is 5.96 Å². The van der Waals surface area contributed by atoms with Crippen molar-refractivity contribution < 1.29 is 13.9 Å². The van der Waals surface area contributed by atoms with E-state index in [2.05, 4.69) is 20.9 Å². The van der Waals surface area contributed by atoms with Gasteiger partial charge in [0.2, 0.25) is 0 Å². The van der Waals surface area contributed by atoms with Crippen LogP contribution in [0.4, 0.5) is 4.39 Å². The molecule has 0 aliphatic heterocycles. The summed E-state index contributed by atoms with van der Waals surface area (Å²) in [5, 5.41) is 9.10. The van der Waals surface area contributed by atoms with Gasteiger partial charge in [0.05, 0.1) is 6.61 Å². The number of halogens is 2. The molecular formula is C21H28FIN4O2. The van der Waals surface area contributed by atoms with E-state index in [4.69, 9.17) is 4.74 Å². The monoisotopic (exact) mass is 514 g/mol. The smallest absolute Gasteiger partial charge is 0.251 e. The fourth-order valence-electron chi connectivity index (χ4n) is 2.56. The van der Waals surface area contributed by atoms with Crippen LogP contribution in [0.3, 0.4) is 0 Å². The van der Waals surface area contributed by atoms with Gasteiger partial charge < -0.3 is 20.7 Å². The number of carbonyl (C=O) groups is 1. The minimum atomic E-state index is -0.274. The highest BCUT2D eigenvalue weighted by Gasteiger charge is 2.04. The van der Waals surface area contributed by atoms with Crippen molar-refractivity contribution >= 4 is 35.8 Å². The van der Waals surface area contributed by atoms with Gasteiger partial charge in [0.25, 0.3) is 5.91 Å². The molecular weight excluding hydrogens is 486 g/mol. The minimum Gasteiger partial charge on any atom is -0.494 e. The van der Waals surface area contributed by atoms with E-state index < -0.39 is 0 Å². The SMILES string of the molecule is CN=C(NCCCOc1ccc(F)cc1)NCCc1cccc(C(=O)NC)c1.I. The molecule has 0 aliphatic carbocycles. The number of hydrogen-bond acceptors (Lipinski definition) is 3. The number of carbonyl (C=O) groups excluding carboxylic acids is 1. The van der Waals surface area contributed by atoms with Crippen LogP contribution in [0.25, 0.3) is 0 Å². The van der Waals surface area contributed by atoms with Gasteiger partial charge in [-0.3, -0.25) is 9.79 Å². The van der Waals surface area contributed by atoms with E-state index >= 15 is 0 Å². The van der Waals surface area contributed by atoms with Gasteiger partial charge in [0, 0.05) is 32.7 Å². The molecule has 8 heteroatoms. The standard InChI is InChI=1S/C21H27FN4O2.HI/c1-23-20(27)17-6-3-5-16(15-17)11-13-26-21(24-2)25-12-4-14-28-19-9-7-18(22)8-10-19;/h3,5-10,15H,4,11-14H2,1-2H3,(H,23,27)(H2,24,25,26);1H. The molecule has 2 aromatic rings. The fourth-order valence-corrected chi connectivity index (χ4v) is 2.56. The van der Waals surface area contributed by atoms with Crippen molar-refractivity contribution in [3.8, 4) is 5.75 Å². The second-order valence-electron chi connectivity index (χ2n) is 6.11. The van der Waals surface area contributed by atoms with E-state index in [-0.39, 0.29) is 35.7 Å². The minimum absolute atomic E-state index is 0. The van der Waals surface area contributed by atoms with Crippen LogP contribution in [-0.2, 0) is 6.42 Å². The van der Waals surface area contributed by atoms with E-state index in [0.29, 0.717) is 37.0 Å². The van der Waals surface area contributed by atoms with Crippen molar-refractivity contribution in [1.29, 1.82) is 0 Å². The molecule has 0 heterocycles. The normalized spacial score (nSPS) is 10.7. The summed E-state index contributed by atoms with van der Waals surface area (Å²) in [5.41, 5.74) is 1.74. The number of aliphatic imine (C=N–C) groups is 1. The summed E-state index contributed by atoms with van der Waals surface area (Å²) >= 11 is 0. The number of guanidine groups is 1. The summed E-state index contributed by atoms with van der Waals surface area (Å²) in [6.07, 6.45) is 1.56. The zero-order valence-corrected chi connectivity index (χ0v) is 19.0. The van der Waals surface area contributed by atoms with Crippen molar-refractivity contribution in [2.75, 3.05) is 33.8 Å². The lowest BCUT2D eigenvalue weighted by atomic mass is 10.1. The molecule has 6 nitrogen and oxygen atoms in total.